The topological polar surface area (TPSA) is 0 Å². The highest BCUT2D eigenvalue weighted by molar-refractivity contribution is 7.19. The highest BCUT2D eigenvalue weighted by atomic mass is 14.1. The van der Waals surface area contributed by atoms with Gasteiger partial charge in [-0.15, -0.1) is 0 Å². The molecular formula is C25H23B. The second-order valence-corrected chi connectivity index (χ2v) is 6.51. The van der Waals surface area contributed by atoms with Crippen molar-refractivity contribution in [2.75, 3.05) is 0 Å². The highest BCUT2D eigenvalue weighted by Gasteiger charge is 2.30. The lowest BCUT2D eigenvalue weighted by Gasteiger charge is -2.44. The molecule has 0 aliphatic rings. The molecule has 4 aromatic rings. The van der Waals surface area contributed by atoms with Gasteiger partial charge in [0.15, 0.2) is 0 Å². The van der Waals surface area contributed by atoms with Gasteiger partial charge in [0.1, 0.15) is 6.15 Å². The van der Waals surface area contributed by atoms with Gasteiger partial charge in [0.25, 0.3) is 0 Å². The lowest BCUT2D eigenvalue weighted by Crippen LogP contribution is -2.74. The average Bonchev–Trinajstić information content (AvgIpc) is 2.72. The van der Waals surface area contributed by atoms with Crippen LogP contribution >= 0.6 is 0 Å². The Morgan fingerprint density at radius 2 is 0.500 bits per heavy atom. The molecule has 0 nitrogen and oxygen atoms in total. The largest absolute Gasteiger partial charge is 0.195 e. The van der Waals surface area contributed by atoms with Gasteiger partial charge < -0.3 is 0 Å². The summed E-state index contributed by atoms with van der Waals surface area (Å²) in [4.78, 5) is 0. The zero-order chi connectivity index (χ0) is 17.0. The molecule has 26 heavy (non-hydrogen) atoms. The molecule has 0 aliphatic carbocycles. The van der Waals surface area contributed by atoms with Gasteiger partial charge >= 0.3 is 0 Å². The van der Waals surface area contributed by atoms with Gasteiger partial charge in [-0.1, -0.05) is 121 Å². The Morgan fingerprint density at radius 1 is 0.308 bits per heavy atom. The molecule has 0 heterocycles. The Labute approximate surface area is 157 Å². The van der Waals surface area contributed by atoms with Crippen LogP contribution in [-0.4, -0.2) is 6.15 Å². The minimum Gasteiger partial charge on any atom is -0.195 e. The fourth-order valence-electron chi connectivity index (χ4n) is 4.12. The average molecular weight is 334 g/mol. The Kier molecular flexibility index (Phi) is 5.29. The molecule has 0 aromatic heterocycles. The summed E-state index contributed by atoms with van der Waals surface area (Å²) in [6.07, 6.45) is -1.22. The predicted molar refractivity (Wildman–Crippen MR) is 116 cm³/mol. The summed E-state index contributed by atoms with van der Waals surface area (Å²) in [6, 6.07) is 43.5. The van der Waals surface area contributed by atoms with Gasteiger partial charge in [-0.2, -0.15) is 21.9 Å². The summed E-state index contributed by atoms with van der Waals surface area (Å²) < 4.78 is 0. The maximum absolute atomic E-state index is 2.26. The van der Waals surface area contributed by atoms with Gasteiger partial charge in [-0.3, -0.25) is 0 Å². The quantitative estimate of drug-likeness (QED) is 0.396. The molecule has 0 N–H and O–H groups in total. The highest BCUT2D eigenvalue weighted by Crippen LogP contribution is 2.09. The third-order valence-electron chi connectivity index (χ3n) is 5.20. The molecule has 0 saturated carbocycles. The van der Waals surface area contributed by atoms with E-state index in [0.29, 0.717) is 0 Å². The number of hydrogen-bond acceptors (Lipinski definition) is 0. The first-order valence-corrected chi connectivity index (χ1v) is 8.80. The van der Waals surface area contributed by atoms with E-state index in [0.717, 1.165) is 0 Å². The van der Waals surface area contributed by atoms with Gasteiger partial charge in [0.05, 0.1) is 0 Å². The summed E-state index contributed by atoms with van der Waals surface area (Å²) >= 11 is 0. The van der Waals surface area contributed by atoms with Crippen molar-refractivity contribution in [3.63, 3.8) is 0 Å². The Morgan fingerprint density at radius 3 is 0.692 bits per heavy atom. The van der Waals surface area contributed by atoms with E-state index in [1.165, 1.54) is 21.9 Å². The maximum Gasteiger partial charge on any atom is 0.108 e. The van der Waals surface area contributed by atoms with Crippen LogP contribution in [0.3, 0.4) is 0 Å². The predicted octanol–water partition coefficient (Wildman–Crippen LogP) is 3.51. The fourth-order valence-corrected chi connectivity index (χ4v) is 4.12. The molecule has 4 aromatic carbocycles. The second kappa shape index (κ2) is 7.80. The van der Waals surface area contributed by atoms with Crippen molar-refractivity contribution in [2.24, 2.45) is 0 Å². The van der Waals surface area contributed by atoms with E-state index in [4.69, 9.17) is 0 Å². The first-order chi connectivity index (χ1) is 12.4. The van der Waals surface area contributed by atoms with Gasteiger partial charge in [0.2, 0.25) is 0 Å². The molecule has 4 rings (SSSR count). The minimum atomic E-state index is -1.22. The molecule has 0 atom stereocenters. The van der Waals surface area contributed by atoms with Gasteiger partial charge in [-0.25, -0.2) is 0 Å². The lowest BCUT2D eigenvalue weighted by molar-refractivity contribution is 1.66. The molecule has 0 radical (unpaired) electrons. The van der Waals surface area contributed by atoms with Crippen LogP contribution in [0.4, 0.5) is 0 Å². The monoisotopic (exact) mass is 334 g/mol. The zero-order valence-electron chi connectivity index (χ0n) is 15.1. The van der Waals surface area contributed by atoms with Crippen molar-refractivity contribution in [3.8, 4) is 0 Å². The molecule has 0 fully saturated rings. The third-order valence-corrected chi connectivity index (χ3v) is 5.20. The van der Waals surface area contributed by atoms with Gasteiger partial charge in [-0.05, 0) is 0 Å². The van der Waals surface area contributed by atoms with Crippen LogP contribution in [0.5, 0.6) is 0 Å². The van der Waals surface area contributed by atoms with Crippen molar-refractivity contribution in [1.82, 2.24) is 0 Å². The van der Waals surface area contributed by atoms with E-state index < -0.39 is 6.15 Å². The molecule has 0 unspecified atom stereocenters. The van der Waals surface area contributed by atoms with Crippen LogP contribution in [0.25, 0.3) is 0 Å². The normalized spacial score (nSPS) is 10.8. The van der Waals surface area contributed by atoms with E-state index in [-0.39, 0.29) is 7.43 Å². The van der Waals surface area contributed by atoms with Crippen molar-refractivity contribution >= 4 is 28.0 Å². The van der Waals surface area contributed by atoms with E-state index in [2.05, 4.69) is 121 Å². The second-order valence-electron chi connectivity index (χ2n) is 6.51. The van der Waals surface area contributed by atoms with Crippen molar-refractivity contribution in [2.45, 2.75) is 0 Å². The van der Waals surface area contributed by atoms with Crippen LogP contribution in [0.1, 0.15) is 0 Å². The van der Waals surface area contributed by atoms with Gasteiger partial charge in [0, 0.05) is 7.43 Å². The third kappa shape index (κ3) is 2.93. The SMILES string of the molecule is [CH3+].c1ccc([B-](c2ccccc2)(c2ccccc2)c2ccccc2)cc1. The zero-order valence-corrected chi connectivity index (χ0v) is 15.1. The summed E-state index contributed by atoms with van der Waals surface area (Å²) in [6.45, 7) is 0. The van der Waals surface area contributed by atoms with Crippen molar-refractivity contribution in [3.05, 3.63) is 129 Å². The minimum absolute atomic E-state index is 0. The molecule has 1 heteroatoms. The van der Waals surface area contributed by atoms with E-state index >= 15 is 0 Å². The molecule has 126 valence electrons. The molecule has 0 saturated heterocycles. The van der Waals surface area contributed by atoms with Crippen molar-refractivity contribution in [1.29, 1.82) is 0 Å². The number of hydrogen-bond donors (Lipinski definition) is 0. The number of rotatable bonds is 4. The maximum atomic E-state index is 2.26. The Bertz CT molecular complexity index is 753. The number of benzene rings is 4. The van der Waals surface area contributed by atoms with E-state index in [1.54, 1.807) is 0 Å². The molecule has 0 spiro atoms. The molecule has 0 aliphatic heterocycles. The molecular weight excluding hydrogens is 311 g/mol. The Balaban J connectivity index is 0.00000196. The van der Waals surface area contributed by atoms with Crippen molar-refractivity contribution < 1.29 is 0 Å². The van der Waals surface area contributed by atoms with Crippen LogP contribution in [-0.2, 0) is 0 Å². The first kappa shape index (κ1) is 17.6. The summed E-state index contributed by atoms with van der Waals surface area (Å²) in [5.74, 6) is 0. The summed E-state index contributed by atoms with van der Waals surface area (Å²) in [5.41, 5.74) is 5.36. The molecule has 0 bridgehead atoms. The summed E-state index contributed by atoms with van der Waals surface area (Å²) in [7, 11) is 0. The van der Waals surface area contributed by atoms with Crippen LogP contribution in [0.15, 0.2) is 121 Å². The van der Waals surface area contributed by atoms with Crippen LogP contribution in [0.2, 0.25) is 0 Å². The smallest absolute Gasteiger partial charge is 0.108 e. The fraction of sp³-hybridized carbons (Fsp3) is 0. The molecule has 0 amide bonds. The van der Waals surface area contributed by atoms with E-state index in [9.17, 15) is 0 Å². The van der Waals surface area contributed by atoms with E-state index in [1.807, 2.05) is 0 Å². The standard InChI is InChI=1S/C24H20B.CH3/c1-5-13-21(14-6-1)25(22-15-7-2-8-16-22,23-17-9-3-10-18-23)24-19-11-4-12-20-24;/h1-20H;1H3/q-1;+1. The summed E-state index contributed by atoms with van der Waals surface area (Å²) in [5, 5.41) is 0. The Hall–Kier alpha value is -3.19. The lowest BCUT2D eigenvalue weighted by atomic mass is 9.13. The van der Waals surface area contributed by atoms with Crippen LogP contribution < -0.4 is 21.9 Å². The first-order valence-electron chi connectivity index (χ1n) is 8.80. The van der Waals surface area contributed by atoms with Crippen LogP contribution in [0, 0.1) is 7.43 Å².